The van der Waals surface area contributed by atoms with Crippen LogP contribution in [0.1, 0.15) is 42.7 Å². The van der Waals surface area contributed by atoms with Crippen molar-refractivity contribution in [2.75, 3.05) is 5.32 Å². The van der Waals surface area contributed by atoms with Crippen LogP contribution in [0.25, 0.3) is 0 Å². The van der Waals surface area contributed by atoms with Crippen LogP contribution in [0.4, 0.5) is 10.5 Å². The number of aryl methyl sites for hydroxylation is 2. The van der Waals surface area contributed by atoms with E-state index in [4.69, 9.17) is 11.6 Å². The fourth-order valence-electron chi connectivity index (χ4n) is 3.54. The summed E-state index contributed by atoms with van der Waals surface area (Å²) in [6, 6.07) is 18.1. The lowest BCUT2D eigenvalue weighted by Gasteiger charge is -2.29. The average molecular weight is 424 g/mol. The Balaban J connectivity index is 1.78. The zero-order valence-corrected chi connectivity index (χ0v) is 18.9. The van der Waals surface area contributed by atoms with Gasteiger partial charge in [-0.3, -0.25) is 0 Å². The van der Waals surface area contributed by atoms with E-state index in [1.165, 1.54) is 5.56 Å². The van der Waals surface area contributed by atoms with Crippen molar-refractivity contribution >= 4 is 23.3 Å². The molecule has 2 amide bonds. The van der Waals surface area contributed by atoms with E-state index >= 15 is 0 Å². The fraction of sp³-hybridized carbons (Fsp3) is 0.320. The van der Waals surface area contributed by atoms with Crippen LogP contribution in [0.2, 0.25) is 5.02 Å². The number of nitrogens with one attached hydrogen (secondary N) is 1. The van der Waals surface area contributed by atoms with Crippen molar-refractivity contribution in [3.05, 3.63) is 88.2 Å². The number of amides is 2. The molecule has 0 fully saturated rings. The highest BCUT2D eigenvalue weighted by atomic mass is 35.5. The van der Waals surface area contributed by atoms with Gasteiger partial charge in [-0.2, -0.15) is 0 Å². The summed E-state index contributed by atoms with van der Waals surface area (Å²) in [6.45, 7) is 9.53. The van der Waals surface area contributed by atoms with Crippen LogP contribution < -0.4 is 5.32 Å². The number of anilines is 1. The third kappa shape index (κ3) is 5.45. The first-order chi connectivity index (χ1) is 14.4. The van der Waals surface area contributed by atoms with Gasteiger partial charge in [0.1, 0.15) is 0 Å². The van der Waals surface area contributed by atoms with Gasteiger partial charge in [-0.15, -0.1) is 0 Å². The summed E-state index contributed by atoms with van der Waals surface area (Å²) in [5.41, 5.74) is 5.33. The van der Waals surface area contributed by atoms with Crippen LogP contribution in [0.3, 0.4) is 0 Å². The van der Waals surface area contributed by atoms with Gasteiger partial charge in [0, 0.05) is 35.2 Å². The first kappa shape index (κ1) is 22.0. The Morgan fingerprint density at radius 1 is 1.13 bits per heavy atom. The number of nitrogens with zero attached hydrogens (tertiary/aromatic N) is 2. The lowest BCUT2D eigenvalue weighted by molar-refractivity contribution is 0.185. The predicted molar refractivity (Wildman–Crippen MR) is 125 cm³/mol. The molecule has 30 heavy (non-hydrogen) atoms. The lowest BCUT2D eigenvalue weighted by Crippen LogP contribution is -2.41. The molecule has 0 aliphatic carbocycles. The van der Waals surface area contributed by atoms with Crippen molar-refractivity contribution in [1.29, 1.82) is 0 Å². The highest BCUT2D eigenvalue weighted by molar-refractivity contribution is 6.30. The minimum absolute atomic E-state index is 0.0770. The van der Waals surface area contributed by atoms with E-state index in [9.17, 15) is 4.79 Å². The van der Waals surface area contributed by atoms with Crippen LogP contribution in [-0.4, -0.2) is 21.5 Å². The topological polar surface area (TPSA) is 37.3 Å². The third-order valence-corrected chi connectivity index (χ3v) is 5.74. The zero-order chi connectivity index (χ0) is 21.7. The van der Waals surface area contributed by atoms with E-state index in [-0.39, 0.29) is 12.1 Å². The van der Waals surface area contributed by atoms with Crippen LogP contribution in [0.15, 0.2) is 60.8 Å². The fourth-order valence-corrected chi connectivity index (χ4v) is 3.76. The molecule has 0 spiro atoms. The van der Waals surface area contributed by atoms with Gasteiger partial charge < -0.3 is 14.8 Å². The number of aromatic nitrogens is 1. The summed E-state index contributed by atoms with van der Waals surface area (Å²) in [7, 11) is 0. The largest absolute Gasteiger partial charge is 0.345 e. The van der Waals surface area contributed by atoms with Crippen molar-refractivity contribution in [2.45, 2.75) is 53.2 Å². The van der Waals surface area contributed by atoms with Gasteiger partial charge in [-0.1, -0.05) is 48.4 Å². The molecule has 0 bridgehead atoms. The Hall–Kier alpha value is -2.72. The van der Waals surface area contributed by atoms with Crippen LogP contribution >= 0.6 is 11.6 Å². The van der Waals surface area contributed by atoms with Gasteiger partial charge >= 0.3 is 6.03 Å². The zero-order valence-electron chi connectivity index (χ0n) is 18.2. The Morgan fingerprint density at radius 2 is 1.93 bits per heavy atom. The standard InChI is InChI=1S/C25H30ClN3O/c1-5-20(4)29(25(30)27-24-12-11-18(2)14-19(24)3)17-23-10-7-13-28(23)16-21-8-6-9-22(26)15-21/h6-15,20H,5,16-17H2,1-4H3,(H,27,30)/t20-/m0/s1. The van der Waals surface area contributed by atoms with Crippen LogP contribution in [0.5, 0.6) is 0 Å². The molecule has 4 nitrogen and oxygen atoms in total. The molecule has 2 aromatic carbocycles. The van der Waals surface area contributed by atoms with Crippen molar-refractivity contribution in [3.63, 3.8) is 0 Å². The number of carbonyl (C=O) groups excluding carboxylic acids is 1. The SMILES string of the molecule is CC[C@H](C)N(Cc1cccn1Cc1cccc(Cl)c1)C(=O)Nc1ccc(C)cc1C. The van der Waals surface area contributed by atoms with Crippen LogP contribution in [-0.2, 0) is 13.1 Å². The monoisotopic (exact) mass is 423 g/mol. The number of urea groups is 1. The second-order valence-corrected chi connectivity index (χ2v) is 8.33. The molecule has 1 aromatic heterocycles. The molecule has 1 heterocycles. The number of hydrogen-bond donors (Lipinski definition) is 1. The number of rotatable bonds is 7. The summed E-state index contributed by atoms with van der Waals surface area (Å²) in [5, 5.41) is 3.83. The van der Waals surface area contributed by atoms with E-state index in [1.807, 2.05) is 54.4 Å². The van der Waals surface area contributed by atoms with Gasteiger partial charge in [0.2, 0.25) is 0 Å². The molecular formula is C25H30ClN3O. The molecule has 1 atom stereocenters. The second kappa shape index (κ2) is 9.86. The first-order valence-corrected chi connectivity index (χ1v) is 10.8. The van der Waals surface area contributed by atoms with E-state index in [0.717, 1.165) is 40.5 Å². The summed E-state index contributed by atoms with van der Waals surface area (Å²) < 4.78 is 2.17. The molecule has 3 rings (SSSR count). The van der Waals surface area contributed by atoms with Crippen LogP contribution in [0, 0.1) is 13.8 Å². The highest BCUT2D eigenvalue weighted by Crippen LogP contribution is 2.20. The van der Waals surface area contributed by atoms with Crippen molar-refractivity contribution in [1.82, 2.24) is 9.47 Å². The van der Waals surface area contributed by atoms with Crippen molar-refractivity contribution < 1.29 is 4.79 Å². The normalized spacial score (nSPS) is 11.9. The number of hydrogen-bond acceptors (Lipinski definition) is 1. The molecule has 1 N–H and O–H groups in total. The number of benzene rings is 2. The van der Waals surface area contributed by atoms with E-state index in [1.54, 1.807) is 0 Å². The maximum absolute atomic E-state index is 13.2. The predicted octanol–water partition coefficient (Wildman–Crippen LogP) is 6.64. The molecule has 158 valence electrons. The quantitative estimate of drug-likeness (QED) is 0.454. The van der Waals surface area contributed by atoms with Gasteiger partial charge in [0.25, 0.3) is 0 Å². The summed E-state index contributed by atoms with van der Waals surface area (Å²) in [4.78, 5) is 15.1. The molecule has 5 heteroatoms. The maximum Gasteiger partial charge on any atom is 0.322 e. The Morgan fingerprint density at radius 3 is 2.63 bits per heavy atom. The van der Waals surface area contributed by atoms with Crippen molar-refractivity contribution in [3.8, 4) is 0 Å². The van der Waals surface area contributed by atoms with Gasteiger partial charge in [0.15, 0.2) is 0 Å². The summed E-state index contributed by atoms with van der Waals surface area (Å²) in [6.07, 6.45) is 2.93. The Bertz CT molecular complexity index is 1010. The van der Waals surface area contributed by atoms with Gasteiger partial charge in [-0.05, 0) is 68.7 Å². The van der Waals surface area contributed by atoms with Crippen molar-refractivity contribution in [2.24, 2.45) is 0 Å². The molecule has 0 saturated heterocycles. The first-order valence-electron chi connectivity index (χ1n) is 10.4. The molecule has 0 radical (unpaired) electrons. The smallest absolute Gasteiger partial charge is 0.322 e. The maximum atomic E-state index is 13.2. The third-order valence-electron chi connectivity index (χ3n) is 5.51. The van der Waals surface area contributed by atoms with Gasteiger partial charge in [0.05, 0.1) is 6.54 Å². The molecule has 0 saturated carbocycles. The molecule has 3 aromatic rings. The van der Waals surface area contributed by atoms with E-state index < -0.39 is 0 Å². The summed E-state index contributed by atoms with van der Waals surface area (Å²) in [5.74, 6) is 0. The minimum Gasteiger partial charge on any atom is -0.345 e. The Labute approximate surface area is 184 Å². The molecule has 0 aliphatic heterocycles. The minimum atomic E-state index is -0.0770. The number of halogens is 1. The summed E-state index contributed by atoms with van der Waals surface area (Å²) >= 11 is 6.14. The highest BCUT2D eigenvalue weighted by Gasteiger charge is 2.21. The Kier molecular flexibility index (Phi) is 7.22. The second-order valence-electron chi connectivity index (χ2n) is 7.89. The van der Waals surface area contributed by atoms with E-state index in [0.29, 0.717) is 6.54 Å². The molecule has 0 aliphatic rings. The van der Waals surface area contributed by atoms with E-state index in [2.05, 4.69) is 48.9 Å². The van der Waals surface area contributed by atoms with Gasteiger partial charge in [-0.25, -0.2) is 4.79 Å². The average Bonchev–Trinajstić information content (AvgIpc) is 3.14. The molecular weight excluding hydrogens is 394 g/mol. The number of carbonyl (C=O) groups is 1. The lowest BCUT2D eigenvalue weighted by atomic mass is 10.1. The molecule has 0 unspecified atom stereocenters.